The fraction of sp³-hybridized carbons (Fsp3) is 0.500. The maximum atomic E-state index is 12.1. The van der Waals surface area contributed by atoms with Gasteiger partial charge in [-0.1, -0.05) is 0 Å². The number of fused-ring (bicyclic) bond motifs is 3. The van der Waals surface area contributed by atoms with Crippen molar-refractivity contribution in [2.45, 2.75) is 121 Å². The van der Waals surface area contributed by atoms with Crippen LogP contribution in [0.15, 0.2) is 77.9 Å². The number of anilines is 3. The van der Waals surface area contributed by atoms with Crippen molar-refractivity contribution in [3.63, 3.8) is 0 Å². The van der Waals surface area contributed by atoms with E-state index < -0.39 is 39.5 Å². The molecule has 0 bridgehead atoms. The molecular weight excluding hydrogens is 1570 g/mol. The minimum atomic E-state index is -0.543. The van der Waals surface area contributed by atoms with E-state index in [1.807, 2.05) is 62.1 Å². The molecule has 7 aromatic heterocycles. The number of nitrogens with two attached hydrogens (primary N) is 1. The molecule has 0 unspecified atom stereocenters. The molecule has 99 heavy (non-hydrogen) atoms. The predicted octanol–water partition coefficient (Wildman–Crippen LogP) is 10.4. The number of ketones is 1. The van der Waals surface area contributed by atoms with Gasteiger partial charge < -0.3 is 59.1 Å². The van der Waals surface area contributed by atoms with Gasteiger partial charge in [0.2, 0.25) is 5.28 Å². The van der Waals surface area contributed by atoms with E-state index in [2.05, 4.69) is 80.5 Å². The second-order valence-electron chi connectivity index (χ2n) is 23.5. The van der Waals surface area contributed by atoms with Crippen LogP contribution in [0.3, 0.4) is 0 Å². The van der Waals surface area contributed by atoms with Crippen LogP contribution in [0, 0.1) is 6.92 Å². The zero-order chi connectivity index (χ0) is 73.4. The molecule has 7 heterocycles. The first kappa shape index (κ1) is 86.5. The number of Topliss-reactive ketones (excluding diaryl/α,β-unsaturated/α-hetero) is 1. The molecule has 4 N–H and O–H groups in total. The van der Waals surface area contributed by atoms with Gasteiger partial charge >= 0.3 is 81.1 Å². The molecule has 0 spiro atoms. The Morgan fingerprint density at radius 1 is 0.535 bits per heavy atom. The first-order valence-corrected chi connectivity index (χ1v) is 51.1. The monoisotopic (exact) mass is 1670 g/mol. The van der Waals surface area contributed by atoms with Gasteiger partial charge in [-0.25, -0.2) is 34.9 Å². The Morgan fingerprint density at radius 3 is 1.25 bits per heavy atom. The standard InChI is InChI=1S/C19H24N4O3.C18H22N4O3.C12H16ClN3O2.C7H9NO.C6H6BrNO.C2H7NO.6CH3.2Sn/c1-23(12-13(25)5-4-10-24)19-15-6-3-7-16(15)21-18(22-19)17-11-14(26-2)8-9-20-17;1-4-25-16(23)11-22(2)18-13-6-5-7-14(13)20-17(21-18)15-10-12(24-3)8-9-19-15;1-3-18-10(17)7-16(2)11-8-5-4-6-9(8)14-12(13)15-11;1-6-5-7(9-2)3-4-8-6;1-9-5-2-3-8-6(7)4-5;3-1-2-4;;;;;;;;/h8-9,11,24H,3-7,10,12H2,1-2H3;8-10H,4-7,11H2,1-3H3;3-7H2,1-2H3;3-5H,1-2H3;2-4H,1H3;4H,1-3H2;6*1H3;;. The van der Waals surface area contributed by atoms with Crippen LogP contribution >= 0.6 is 27.5 Å². The van der Waals surface area contributed by atoms with Gasteiger partial charge in [-0.05, 0) is 137 Å². The van der Waals surface area contributed by atoms with Gasteiger partial charge in [-0.15, -0.1) is 0 Å². The number of esters is 2. The Morgan fingerprint density at radius 2 is 0.899 bits per heavy atom. The van der Waals surface area contributed by atoms with Crippen molar-refractivity contribution in [1.29, 1.82) is 0 Å². The first-order valence-electron chi connectivity index (χ1n) is 32.8. The van der Waals surface area contributed by atoms with Gasteiger partial charge in [0.1, 0.15) is 69.5 Å². The molecule has 7 aromatic rings. The number of halogens is 2. The molecule has 0 amide bonds. The molecule has 25 nitrogen and oxygen atoms in total. The Balaban J connectivity index is 0.000000323. The number of aryl methyl sites for hydroxylation is 4. The molecule has 10 rings (SSSR count). The van der Waals surface area contributed by atoms with Crippen molar-refractivity contribution in [3.8, 4) is 46.0 Å². The molecule has 0 aromatic carbocycles. The summed E-state index contributed by atoms with van der Waals surface area (Å²) >= 11 is 8.03. The molecule has 0 fully saturated rings. The van der Waals surface area contributed by atoms with Crippen LogP contribution in [-0.4, -0.2) is 219 Å². The number of aliphatic hydroxyl groups is 2. The molecule has 3 aliphatic carbocycles. The van der Waals surface area contributed by atoms with E-state index in [4.69, 9.17) is 70.9 Å². The minimum absolute atomic E-state index is 0.0318. The average Bonchev–Trinajstić information content (AvgIpc) is 1.75. The van der Waals surface area contributed by atoms with Crippen LogP contribution in [0.2, 0.25) is 34.9 Å². The summed E-state index contributed by atoms with van der Waals surface area (Å²) in [6.07, 6.45) is 16.3. The third kappa shape index (κ3) is 32.2. The molecule has 0 saturated carbocycles. The summed E-state index contributed by atoms with van der Waals surface area (Å²) < 4.78 is 31.2. The second-order valence-corrected chi connectivity index (χ2v) is 41.7. The van der Waals surface area contributed by atoms with E-state index in [0.29, 0.717) is 67.1 Å². The van der Waals surface area contributed by atoms with Crippen LogP contribution in [0.25, 0.3) is 23.0 Å². The Hall–Kier alpha value is -6.70. The summed E-state index contributed by atoms with van der Waals surface area (Å²) in [5.74, 6) is 6.06. The zero-order valence-electron chi connectivity index (χ0n) is 60.6. The van der Waals surface area contributed by atoms with E-state index >= 15 is 0 Å². The first-order chi connectivity index (χ1) is 47.4. The van der Waals surface area contributed by atoms with Crippen LogP contribution in [-0.2, 0) is 62.4 Å². The Kier molecular flexibility index (Phi) is 42.1. The molecule has 0 saturated heterocycles. The van der Waals surface area contributed by atoms with Gasteiger partial charge in [-0.3, -0.25) is 29.3 Å². The number of carbonyl (C=O) groups excluding carboxylic acids is 3. The fourth-order valence-corrected chi connectivity index (χ4v) is 10.0. The number of aromatic nitrogens is 10. The van der Waals surface area contributed by atoms with Gasteiger partial charge in [0.05, 0.1) is 60.5 Å². The summed E-state index contributed by atoms with van der Waals surface area (Å²) in [5, 5.41) is 16.9. The summed E-state index contributed by atoms with van der Waals surface area (Å²) in [6.45, 7) is 7.38. The number of rotatable bonds is 21. The quantitative estimate of drug-likeness (QED) is 0.0261. The summed E-state index contributed by atoms with van der Waals surface area (Å²) in [6, 6.07) is 14.5. The number of methoxy groups -OCH3 is 4. The molecule has 540 valence electrons. The van der Waals surface area contributed by atoms with E-state index in [1.54, 1.807) is 96.2 Å². The number of aliphatic hydroxyl groups excluding tert-OH is 2. The van der Waals surface area contributed by atoms with Crippen molar-refractivity contribution in [3.05, 3.63) is 123 Å². The number of hydrogen-bond acceptors (Lipinski definition) is 25. The maximum absolute atomic E-state index is 12.1. The van der Waals surface area contributed by atoms with Gasteiger partial charge in [-0.2, -0.15) is 0 Å². The van der Waals surface area contributed by atoms with E-state index in [0.717, 1.165) is 131 Å². The number of pyridine rings is 4. The molecule has 29 heteroatoms. The van der Waals surface area contributed by atoms with Gasteiger partial charge in [0, 0.05) is 124 Å². The zero-order valence-corrected chi connectivity index (χ0v) is 68.6. The van der Waals surface area contributed by atoms with Crippen LogP contribution in [0.1, 0.15) is 85.4 Å². The van der Waals surface area contributed by atoms with Crippen molar-refractivity contribution >= 4 is 102 Å². The molecule has 0 aliphatic heterocycles. The summed E-state index contributed by atoms with van der Waals surface area (Å²) in [7, 11) is 12.0. The normalized spacial score (nSPS) is 11.6. The number of nitrogens with zero attached hydrogens (tertiary/aromatic N) is 13. The van der Waals surface area contributed by atoms with E-state index in [1.165, 1.54) is 0 Å². The van der Waals surface area contributed by atoms with Gasteiger partial charge in [0.15, 0.2) is 17.4 Å². The average molecular weight is 1670 g/mol. The molecule has 3 aliphatic rings. The number of likely N-dealkylation sites (N-methyl/N-ethyl adjacent to an activating group) is 3. The summed E-state index contributed by atoms with van der Waals surface area (Å²) in [4.78, 5) is 99.0. The van der Waals surface area contributed by atoms with Crippen LogP contribution < -0.4 is 39.4 Å². The van der Waals surface area contributed by atoms with E-state index in [9.17, 15) is 14.4 Å². The van der Waals surface area contributed by atoms with Crippen LogP contribution in [0.5, 0.6) is 23.0 Å². The Bertz CT molecular complexity index is 3510. The molecule has 2 radical (unpaired) electrons. The topological polar surface area (TPSA) is 312 Å². The Labute approximate surface area is 612 Å². The fourth-order valence-electron chi connectivity index (χ4n) is 9.51. The second kappa shape index (κ2) is 48.2. The number of carbonyl (C=O) groups is 3. The number of ether oxygens (including phenoxy) is 6. The van der Waals surface area contributed by atoms with Crippen molar-refractivity contribution in [1.82, 2.24) is 49.8 Å². The molecular formula is C70H102BrClN14O11Sn2. The SMILES string of the molecule is CCOC(=O)CN(C)c1nc(-c2cc(OC)ccn2)nc2c1CCC2.CCOC(=O)CN(C)c1nc(Cl)nc2c1CCC2.COc1ccnc(-c2nc3c(c(N(C)CC(=O)CCCO)n2)CCC3)c1.COc1ccnc(Br)c1.COc1ccnc(C)c1.NCCO.[CH3][Sn]([CH3])[CH3].[CH3][Sn]([CH3])[CH3]. The third-order valence-corrected chi connectivity index (χ3v) is 14.3. The summed E-state index contributed by atoms with van der Waals surface area (Å²) in [5.41, 5.74) is 13.5. The van der Waals surface area contributed by atoms with Crippen molar-refractivity contribution < 1.29 is 53.0 Å². The van der Waals surface area contributed by atoms with Gasteiger partial charge in [0.25, 0.3) is 0 Å². The van der Waals surface area contributed by atoms with Crippen LogP contribution in [0.4, 0.5) is 17.5 Å². The van der Waals surface area contributed by atoms with E-state index in [-0.39, 0.29) is 55.9 Å². The third-order valence-electron chi connectivity index (χ3n) is 13.7. The number of hydrogen-bond donors (Lipinski definition) is 3. The predicted molar refractivity (Wildman–Crippen MR) is 398 cm³/mol. The van der Waals surface area contributed by atoms with Crippen molar-refractivity contribution in [2.75, 3.05) is 117 Å². The molecule has 0 atom stereocenters. The van der Waals surface area contributed by atoms with Crippen molar-refractivity contribution in [2.24, 2.45) is 5.73 Å².